The third-order valence-electron chi connectivity index (χ3n) is 8.51. The van der Waals surface area contributed by atoms with E-state index in [1.807, 2.05) is 0 Å². The van der Waals surface area contributed by atoms with Crippen molar-refractivity contribution in [3.63, 3.8) is 0 Å². The maximum Gasteiger partial charge on any atom is 0.410 e. The number of amides is 4. The van der Waals surface area contributed by atoms with E-state index in [1.165, 1.54) is 50.0 Å². The molecule has 49 heavy (non-hydrogen) atoms. The molecule has 4 atom stereocenters. The van der Waals surface area contributed by atoms with Crippen molar-refractivity contribution in [2.45, 2.75) is 83.7 Å². The Balaban J connectivity index is 1.54. The van der Waals surface area contributed by atoms with E-state index in [-0.39, 0.29) is 30.4 Å². The average Bonchev–Trinajstić information content (AvgIpc) is 3.70. The SMILES string of the molecule is COC(C)C(NC(=O)C(C)N(C)C(=O)OC(C)(C)C)C(=O)N1CCCC1CN(CCc1ccc(F)cc1)C(=O)c1cn2cc(F)cnc2n1. The number of halogens is 2. The van der Waals surface area contributed by atoms with Crippen molar-refractivity contribution in [2.75, 3.05) is 33.8 Å². The molecular formula is C34H45F2N7O6. The molecule has 0 bridgehead atoms. The van der Waals surface area contributed by atoms with E-state index in [2.05, 4.69) is 15.3 Å². The van der Waals surface area contributed by atoms with Gasteiger partial charge in [-0.25, -0.2) is 23.5 Å². The van der Waals surface area contributed by atoms with Crippen molar-refractivity contribution in [1.82, 2.24) is 34.4 Å². The number of carbonyl (C=O) groups is 4. The average molecular weight is 686 g/mol. The first-order chi connectivity index (χ1) is 23.1. The molecule has 4 amide bonds. The molecule has 15 heteroatoms. The Labute approximate surface area is 284 Å². The third kappa shape index (κ3) is 9.49. The molecule has 4 unspecified atom stereocenters. The van der Waals surface area contributed by atoms with Gasteiger partial charge in [-0.1, -0.05) is 12.1 Å². The standard InChI is InChI=1S/C34H45F2N7O6/c1-21(40(6)33(47)49-34(3,4)5)29(44)39-28(22(2)48-7)31(46)43-15-8-9-26(43)19-41(16-14-23-10-12-24(35)13-11-23)30(45)27-20-42-18-25(36)17-37-32(42)38-27/h10-13,17-18,20-22,26,28H,8-9,14-16,19H2,1-7H3,(H,39,44). The summed E-state index contributed by atoms with van der Waals surface area (Å²) in [4.78, 5) is 66.6. The quantitative estimate of drug-likeness (QED) is 0.306. The summed E-state index contributed by atoms with van der Waals surface area (Å²) in [6, 6.07) is 3.51. The lowest BCUT2D eigenvalue weighted by atomic mass is 10.1. The lowest BCUT2D eigenvalue weighted by molar-refractivity contribution is -0.141. The summed E-state index contributed by atoms with van der Waals surface area (Å²) < 4.78 is 39.6. The number of likely N-dealkylation sites (tertiary alicyclic amines) is 1. The third-order valence-corrected chi connectivity index (χ3v) is 8.51. The van der Waals surface area contributed by atoms with E-state index in [1.54, 1.807) is 49.6 Å². The fourth-order valence-corrected chi connectivity index (χ4v) is 5.52. The van der Waals surface area contributed by atoms with Gasteiger partial charge in [0.15, 0.2) is 5.82 Å². The molecule has 1 saturated heterocycles. The van der Waals surface area contributed by atoms with Crippen LogP contribution in [0.25, 0.3) is 5.78 Å². The second-order valence-corrected chi connectivity index (χ2v) is 13.3. The molecule has 13 nitrogen and oxygen atoms in total. The van der Waals surface area contributed by atoms with E-state index in [0.717, 1.165) is 16.7 Å². The zero-order valence-electron chi connectivity index (χ0n) is 29.0. The van der Waals surface area contributed by atoms with Crippen LogP contribution in [-0.2, 0) is 25.5 Å². The zero-order chi connectivity index (χ0) is 36.0. The largest absolute Gasteiger partial charge is 0.444 e. The number of carbonyl (C=O) groups excluding carboxylic acids is 4. The van der Waals surface area contributed by atoms with E-state index >= 15 is 0 Å². The Bertz CT molecular complexity index is 1640. The predicted molar refractivity (Wildman–Crippen MR) is 176 cm³/mol. The highest BCUT2D eigenvalue weighted by molar-refractivity contribution is 5.93. The van der Waals surface area contributed by atoms with Gasteiger partial charge in [-0.05, 0) is 71.6 Å². The molecule has 1 aromatic carbocycles. The van der Waals surface area contributed by atoms with Crippen LogP contribution in [0.5, 0.6) is 0 Å². The van der Waals surface area contributed by atoms with Crippen LogP contribution in [0.15, 0.2) is 42.9 Å². The van der Waals surface area contributed by atoms with Crippen molar-refractivity contribution in [1.29, 1.82) is 0 Å². The van der Waals surface area contributed by atoms with Gasteiger partial charge >= 0.3 is 6.09 Å². The summed E-state index contributed by atoms with van der Waals surface area (Å²) in [5, 5.41) is 2.77. The van der Waals surface area contributed by atoms with Crippen LogP contribution in [0.3, 0.4) is 0 Å². The van der Waals surface area contributed by atoms with Crippen molar-refractivity contribution in [3.8, 4) is 0 Å². The molecule has 0 spiro atoms. The van der Waals surface area contributed by atoms with Crippen molar-refractivity contribution >= 4 is 29.6 Å². The minimum atomic E-state index is -1.09. The number of imidazole rings is 1. The maximum absolute atomic E-state index is 14.1. The monoisotopic (exact) mass is 685 g/mol. The van der Waals surface area contributed by atoms with Gasteiger partial charge in [-0.15, -0.1) is 0 Å². The highest BCUT2D eigenvalue weighted by Gasteiger charge is 2.39. The lowest BCUT2D eigenvalue weighted by Gasteiger charge is -2.35. The van der Waals surface area contributed by atoms with E-state index in [9.17, 15) is 28.0 Å². The second-order valence-electron chi connectivity index (χ2n) is 13.3. The molecule has 2 aromatic heterocycles. The molecule has 3 heterocycles. The molecule has 1 aliphatic heterocycles. The smallest absolute Gasteiger partial charge is 0.410 e. The summed E-state index contributed by atoms with van der Waals surface area (Å²) in [6.07, 6.45) is 3.82. The minimum Gasteiger partial charge on any atom is -0.444 e. The predicted octanol–water partition coefficient (Wildman–Crippen LogP) is 3.46. The summed E-state index contributed by atoms with van der Waals surface area (Å²) in [5.74, 6) is -2.22. The summed E-state index contributed by atoms with van der Waals surface area (Å²) >= 11 is 0. The first-order valence-corrected chi connectivity index (χ1v) is 16.2. The van der Waals surface area contributed by atoms with E-state index in [4.69, 9.17) is 9.47 Å². The first kappa shape index (κ1) is 37.2. The number of benzene rings is 1. The molecule has 3 aromatic rings. The van der Waals surface area contributed by atoms with Gasteiger partial charge < -0.3 is 24.6 Å². The molecule has 1 aliphatic rings. The Morgan fingerprint density at radius 3 is 2.43 bits per heavy atom. The number of hydrogen-bond acceptors (Lipinski definition) is 8. The number of likely N-dealkylation sites (N-methyl/N-ethyl adjacent to an activating group) is 1. The maximum atomic E-state index is 14.1. The van der Waals surface area contributed by atoms with Crippen LogP contribution >= 0.6 is 0 Å². The highest BCUT2D eigenvalue weighted by atomic mass is 19.1. The zero-order valence-corrected chi connectivity index (χ0v) is 29.0. The fourth-order valence-electron chi connectivity index (χ4n) is 5.52. The normalized spacial score (nSPS) is 16.6. The van der Waals surface area contributed by atoms with Gasteiger partial charge in [0.2, 0.25) is 17.6 Å². The molecule has 4 rings (SSSR count). The van der Waals surface area contributed by atoms with Gasteiger partial charge in [-0.2, -0.15) is 0 Å². The Hall–Kier alpha value is -4.66. The lowest BCUT2D eigenvalue weighted by Crippen LogP contribution is -2.59. The molecular weight excluding hydrogens is 640 g/mol. The summed E-state index contributed by atoms with van der Waals surface area (Å²) in [6.45, 7) is 9.11. The van der Waals surface area contributed by atoms with Crippen LogP contribution < -0.4 is 5.32 Å². The molecule has 0 aliphatic carbocycles. The Kier molecular flexibility index (Phi) is 11.9. The molecule has 0 radical (unpaired) electrons. The molecule has 1 fully saturated rings. The molecule has 266 valence electrons. The number of hydrogen-bond donors (Lipinski definition) is 1. The Morgan fingerprint density at radius 2 is 1.78 bits per heavy atom. The molecule has 0 saturated carbocycles. The van der Waals surface area contributed by atoms with Crippen LogP contribution in [-0.4, -0.2) is 117 Å². The number of methoxy groups -OCH3 is 1. The second kappa shape index (κ2) is 15.7. The number of nitrogens with one attached hydrogen (secondary N) is 1. The number of aromatic nitrogens is 3. The summed E-state index contributed by atoms with van der Waals surface area (Å²) in [7, 11) is 2.87. The topological polar surface area (TPSA) is 139 Å². The van der Waals surface area contributed by atoms with Gasteiger partial charge in [0.25, 0.3) is 5.91 Å². The number of nitrogens with zero attached hydrogens (tertiary/aromatic N) is 6. The molecule has 1 N–H and O–H groups in total. The summed E-state index contributed by atoms with van der Waals surface area (Å²) in [5.41, 5.74) is 0.0951. The number of fused-ring (bicyclic) bond motifs is 1. The van der Waals surface area contributed by atoms with Crippen LogP contribution in [0, 0.1) is 11.6 Å². The highest BCUT2D eigenvalue weighted by Crippen LogP contribution is 2.22. The van der Waals surface area contributed by atoms with Crippen molar-refractivity contribution in [3.05, 3.63) is 65.7 Å². The van der Waals surface area contributed by atoms with Crippen LogP contribution in [0.2, 0.25) is 0 Å². The Morgan fingerprint density at radius 1 is 1.08 bits per heavy atom. The van der Waals surface area contributed by atoms with E-state index in [0.29, 0.717) is 25.8 Å². The number of ether oxygens (including phenoxy) is 2. The minimum absolute atomic E-state index is 0.0503. The number of rotatable bonds is 12. The first-order valence-electron chi connectivity index (χ1n) is 16.2. The van der Waals surface area contributed by atoms with Gasteiger partial charge in [0.1, 0.15) is 29.2 Å². The van der Waals surface area contributed by atoms with E-state index < -0.39 is 59.5 Å². The van der Waals surface area contributed by atoms with Crippen LogP contribution in [0.1, 0.15) is 63.5 Å². The van der Waals surface area contributed by atoms with Crippen LogP contribution in [0.4, 0.5) is 13.6 Å². The van der Waals surface area contributed by atoms with Gasteiger partial charge in [0, 0.05) is 52.2 Å². The fraction of sp³-hybridized carbons (Fsp3) is 0.529. The van der Waals surface area contributed by atoms with Crippen molar-refractivity contribution < 1.29 is 37.4 Å². The van der Waals surface area contributed by atoms with Gasteiger partial charge in [-0.3, -0.25) is 23.7 Å². The van der Waals surface area contributed by atoms with Crippen molar-refractivity contribution in [2.24, 2.45) is 0 Å². The van der Waals surface area contributed by atoms with Gasteiger partial charge in [0.05, 0.1) is 12.3 Å².